The maximum Gasteiger partial charge on any atom is 0.287 e. The molecule has 0 fully saturated rings. The van der Waals surface area contributed by atoms with Crippen LogP contribution in [0.15, 0.2) is 84.0 Å². The van der Waals surface area contributed by atoms with E-state index in [1.807, 2.05) is 49.4 Å². The number of hydrogen-bond donors (Lipinski definition) is 1. The standard InChI is InChI=1S/C27H29N3O3/c1-3-11-21-12-4-7-15-24(21)32-18-9-8-17-30-23-14-6-5-13-22(23)29-26(30)20(2)28-27(31)25-16-10-19-33-25/h3-7,10,12-16,19-20H,1,8-9,11,17-18H2,2H3,(H,28,31). The van der Waals surface area contributed by atoms with Crippen LogP contribution in [-0.4, -0.2) is 22.1 Å². The van der Waals surface area contributed by atoms with Gasteiger partial charge in [0.05, 0.1) is 29.9 Å². The Hall–Kier alpha value is -3.80. The van der Waals surface area contributed by atoms with E-state index in [1.54, 1.807) is 12.1 Å². The maximum absolute atomic E-state index is 12.5. The lowest BCUT2D eigenvalue weighted by Gasteiger charge is -2.16. The van der Waals surface area contributed by atoms with Gasteiger partial charge >= 0.3 is 0 Å². The van der Waals surface area contributed by atoms with Crippen LogP contribution in [0.5, 0.6) is 5.75 Å². The Morgan fingerprint density at radius 2 is 1.97 bits per heavy atom. The third-order valence-corrected chi connectivity index (χ3v) is 5.53. The van der Waals surface area contributed by atoms with Crippen LogP contribution in [0.3, 0.4) is 0 Å². The monoisotopic (exact) mass is 443 g/mol. The van der Waals surface area contributed by atoms with E-state index >= 15 is 0 Å². The number of hydrogen-bond acceptors (Lipinski definition) is 4. The number of para-hydroxylation sites is 3. The average molecular weight is 444 g/mol. The summed E-state index contributed by atoms with van der Waals surface area (Å²) in [4.78, 5) is 17.3. The van der Waals surface area contributed by atoms with Crippen molar-refractivity contribution < 1.29 is 13.9 Å². The van der Waals surface area contributed by atoms with Crippen LogP contribution in [-0.2, 0) is 13.0 Å². The van der Waals surface area contributed by atoms with Gasteiger partial charge in [-0.15, -0.1) is 6.58 Å². The number of imidazole rings is 1. The van der Waals surface area contributed by atoms with Gasteiger partial charge in [0.2, 0.25) is 0 Å². The zero-order valence-electron chi connectivity index (χ0n) is 18.9. The molecule has 2 aromatic carbocycles. The Morgan fingerprint density at radius 3 is 2.79 bits per heavy atom. The highest BCUT2D eigenvalue weighted by Crippen LogP contribution is 2.23. The number of fused-ring (bicyclic) bond motifs is 1. The Bertz CT molecular complexity index is 1210. The fourth-order valence-corrected chi connectivity index (χ4v) is 3.92. The molecule has 1 unspecified atom stereocenters. The molecule has 2 heterocycles. The number of unbranched alkanes of at least 4 members (excludes halogenated alkanes) is 1. The van der Waals surface area contributed by atoms with Crippen molar-refractivity contribution in [1.82, 2.24) is 14.9 Å². The molecule has 0 aliphatic heterocycles. The Kier molecular flexibility index (Phi) is 7.25. The lowest BCUT2D eigenvalue weighted by atomic mass is 10.1. The van der Waals surface area contributed by atoms with Crippen LogP contribution in [0.2, 0.25) is 0 Å². The Balaban J connectivity index is 1.41. The third-order valence-electron chi connectivity index (χ3n) is 5.53. The number of furan rings is 1. The minimum atomic E-state index is -0.267. The summed E-state index contributed by atoms with van der Waals surface area (Å²) < 4.78 is 13.4. The number of aryl methyl sites for hydroxylation is 1. The Labute approximate surface area is 193 Å². The molecule has 4 rings (SSSR count). The molecule has 4 aromatic rings. The van der Waals surface area contributed by atoms with Gasteiger partial charge in [-0.3, -0.25) is 4.79 Å². The topological polar surface area (TPSA) is 69.3 Å². The molecular formula is C27H29N3O3. The number of nitrogens with zero attached hydrogens (tertiary/aromatic N) is 2. The zero-order valence-corrected chi connectivity index (χ0v) is 18.9. The third kappa shape index (κ3) is 5.34. The molecule has 33 heavy (non-hydrogen) atoms. The molecular weight excluding hydrogens is 414 g/mol. The van der Waals surface area contributed by atoms with Gasteiger partial charge < -0.3 is 19.0 Å². The number of rotatable bonds is 11. The van der Waals surface area contributed by atoms with Crippen molar-refractivity contribution in [3.8, 4) is 5.75 Å². The summed E-state index contributed by atoms with van der Waals surface area (Å²) in [5, 5.41) is 2.99. The van der Waals surface area contributed by atoms with Crippen LogP contribution in [0.25, 0.3) is 11.0 Å². The highest BCUT2D eigenvalue weighted by atomic mass is 16.5. The molecule has 1 N–H and O–H groups in total. The van der Waals surface area contributed by atoms with Gasteiger partial charge in [0, 0.05) is 6.54 Å². The lowest BCUT2D eigenvalue weighted by Crippen LogP contribution is -2.28. The molecule has 0 aliphatic rings. The first-order valence-corrected chi connectivity index (χ1v) is 11.3. The quantitative estimate of drug-likeness (QED) is 0.238. The van der Waals surface area contributed by atoms with Crippen molar-refractivity contribution in [3.63, 3.8) is 0 Å². The number of aromatic nitrogens is 2. The molecule has 6 nitrogen and oxygen atoms in total. The first-order chi connectivity index (χ1) is 16.2. The van der Waals surface area contributed by atoms with E-state index in [9.17, 15) is 4.79 Å². The van der Waals surface area contributed by atoms with E-state index in [1.165, 1.54) is 6.26 Å². The molecule has 170 valence electrons. The van der Waals surface area contributed by atoms with Gasteiger partial charge in [0.15, 0.2) is 5.76 Å². The summed E-state index contributed by atoms with van der Waals surface area (Å²) in [5.41, 5.74) is 3.13. The number of benzene rings is 2. The van der Waals surface area contributed by atoms with Gasteiger partial charge in [-0.2, -0.15) is 0 Å². The van der Waals surface area contributed by atoms with Crippen LogP contribution >= 0.6 is 0 Å². The summed E-state index contributed by atoms with van der Waals surface area (Å²) in [6, 6.07) is 19.2. The highest BCUT2D eigenvalue weighted by molar-refractivity contribution is 5.91. The SMILES string of the molecule is C=CCc1ccccc1OCCCCn1c(C(C)NC(=O)c2ccco2)nc2ccccc21. The van der Waals surface area contributed by atoms with E-state index in [4.69, 9.17) is 14.1 Å². The molecule has 0 bridgehead atoms. The van der Waals surface area contributed by atoms with Crippen LogP contribution in [0, 0.1) is 0 Å². The first kappa shape index (κ1) is 22.4. The summed E-state index contributed by atoms with van der Waals surface area (Å²) >= 11 is 0. The fraction of sp³-hybridized carbons (Fsp3) is 0.259. The second-order valence-electron chi connectivity index (χ2n) is 7.94. The van der Waals surface area contributed by atoms with Gasteiger partial charge in [-0.25, -0.2) is 4.98 Å². The number of carbonyl (C=O) groups excluding carboxylic acids is 1. The number of allylic oxidation sites excluding steroid dienone is 1. The van der Waals surface area contributed by atoms with Gasteiger partial charge in [0.25, 0.3) is 5.91 Å². The molecule has 1 amide bonds. The number of carbonyl (C=O) groups is 1. The van der Waals surface area contributed by atoms with Crippen molar-refractivity contribution >= 4 is 16.9 Å². The van der Waals surface area contributed by atoms with Crippen molar-refractivity contribution in [2.45, 2.75) is 38.8 Å². The lowest BCUT2D eigenvalue weighted by molar-refractivity contribution is 0.0909. The summed E-state index contributed by atoms with van der Waals surface area (Å²) in [7, 11) is 0. The van der Waals surface area contributed by atoms with Crippen molar-refractivity contribution in [3.05, 3.63) is 96.7 Å². The average Bonchev–Trinajstić information content (AvgIpc) is 3.49. The normalized spacial score (nSPS) is 11.9. The molecule has 6 heteroatoms. The number of nitrogens with one attached hydrogen (secondary N) is 1. The van der Waals surface area contributed by atoms with Gasteiger partial charge in [0.1, 0.15) is 11.6 Å². The van der Waals surface area contributed by atoms with Crippen LogP contribution in [0.1, 0.15) is 47.7 Å². The summed E-state index contributed by atoms with van der Waals surface area (Å²) in [6.45, 7) is 7.19. The summed E-state index contributed by atoms with van der Waals surface area (Å²) in [5.74, 6) is 1.78. The largest absolute Gasteiger partial charge is 0.493 e. The summed E-state index contributed by atoms with van der Waals surface area (Å²) in [6.07, 6.45) is 6.01. The van der Waals surface area contributed by atoms with Gasteiger partial charge in [-0.1, -0.05) is 36.4 Å². The first-order valence-electron chi connectivity index (χ1n) is 11.3. The zero-order chi connectivity index (χ0) is 23.0. The minimum Gasteiger partial charge on any atom is -0.493 e. The molecule has 0 saturated carbocycles. The minimum absolute atomic E-state index is 0.252. The van der Waals surface area contributed by atoms with Gasteiger partial charge in [-0.05, 0) is 62.1 Å². The van der Waals surface area contributed by atoms with Crippen molar-refractivity contribution in [1.29, 1.82) is 0 Å². The van der Waals surface area contributed by atoms with E-state index in [-0.39, 0.29) is 11.9 Å². The second-order valence-corrected chi connectivity index (χ2v) is 7.94. The van der Waals surface area contributed by atoms with E-state index in [0.29, 0.717) is 12.4 Å². The molecule has 0 aliphatic carbocycles. The van der Waals surface area contributed by atoms with E-state index < -0.39 is 0 Å². The highest BCUT2D eigenvalue weighted by Gasteiger charge is 2.20. The Morgan fingerprint density at radius 1 is 1.15 bits per heavy atom. The predicted octanol–water partition coefficient (Wildman–Crippen LogP) is 5.71. The smallest absolute Gasteiger partial charge is 0.287 e. The number of amides is 1. The van der Waals surface area contributed by atoms with Crippen molar-refractivity contribution in [2.24, 2.45) is 0 Å². The molecule has 0 saturated heterocycles. The predicted molar refractivity (Wildman–Crippen MR) is 129 cm³/mol. The number of ether oxygens (including phenoxy) is 1. The molecule has 0 spiro atoms. The van der Waals surface area contributed by atoms with Crippen LogP contribution < -0.4 is 10.1 Å². The molecule has 2 aromatic heterocycles. The molecule has 0 radical (unpaired) electrons. The maximum atomic E-state index is 12.5. The van der Waals surface area contributed by atoms with E-state index in [2.05, 4.69) is 28.6 Å². The van der Waals surface area contributed by atoms with Crippen LogP contribution in [0.4, 0.5) is 0 Å². The van der Waals surface area contributed by atoms with Crippen molar-refractivity contribution in [2.75, 3.05) is 6.61 Å². The molecule has 1 atom stereocenters. The fourth-order valence-electron chi connectivity index (χ4n) is 3.92. The second kappa shape index (κ2) is 10.7. The van der Waals surface area contributed by atoms with E-state index in [0.717, 1.165) is 54.0 Å².